The molecule has 2 aromatic carbocycles. The van der Waals surface area contributed by atoms with E-state index in [0.717, 1.165) is 0 Å². The minimum absolute atomic E-state index is 0.170. The summed E-state index contributed by atoms with van der Waals surface area (Å²) in [7, 11) is 0. The molecule has 0 spiro atoms. The third-order valence-corrected chi connectivity index (χ3v) is 3.42. The SMILES string of the molecule is CC(=O)Oc1ccc2c(c1)OC(O)(c1ccccc1)CC2=O. The lowest BCUT2D eigenvalue weighted by molar-refractivity contribution is -0.147. The quantitative estimate of drug-likeness (QED) is 0.681. The van der Waals surface area contributed by atoms with Crippen LogP contribution in [0.4, 0.5) is 0 Å². The minimum Gasteiger partial charge on any atom is -0.457 e. The molecule has 3 rings (SSSR count). The van der Waals surface area contributed by atoms with Crippen molar-refractivity contribution in [3.8, 4) is 11.5 Å². The summed E-state index contributed by atoms with van der Waals surface area (Å²) < 4.78 is 10.6. The molecule has 0 fully saturated rings. The van der Waals surface area contributed by atoms with Crippen LogP contribution in [-0.4, -0.2) is 16.9 Å². The zero-order valence-electron chi connectivity index (χ0n) is 11.9. The van der Waals surface area contributed by atoms with Crippen molar-refractivity contribution in [3.63, 3.8) is 0 Å². The molecule has 0 radical (unpaired) electrons. The van der Waals surface area contributed by atoms with Gasteiger partial charge in [0.1, 0.15) is 11.5 Å². The standard InChI is InChI=1S/C17H14O5/c1-11(18)21-13-7-8-14-15(19)10-17(20,22-16(14)9-13)12-5-3-2-4-6-12/h2-9,20H,10H2,1H3. The Labute approximate surface area is 127 Å². The van der Waals surface area contributed by atoms with Crippen molar-refractivity contribution >= 4 is 11.8 Å². The van der Waals surface area contributed by atoms with Gasteiger partial charge in [-0.1, -0.05) is 30.3 Å². The second-order valence-electron chi connectivity index (χ2n) is 5.10. The van der Waals surface area contributed by atoms with E-state index in [0.29, 0.717) is 11.1 Å². The molecule has 1 aliphatic heterocycles. The number of Topliss-reactive ketones (excluding diaryl/α,β-unsaturated/α-hetero) is 1. The Kier molecular flexibility index (Phi) is 3.42. The molecule has 1 aliphatic rings. The Balaban J connectivity index is 2.00. The zero-order valence-corrected chi connectivity index (χ0v) is 11.9. The normalized spacial score (nSPS) is 20.0. The molecule has 112 valence electrons. The average Bonchev–Trinajstić information content (AvgIpc) is 2.47. The van der Waals surface area contributed by atoms with Gasteiger partial charge in [-0.3, -0.25) is 9.59 Å². The van der Waals surface area contributed by atoms with Gasteiger partial charge in [0.15, 0.2) is 5.78 Å². The zero-order chi connectivity index (χ0) is 15.7. The first-order valence-electron chi connectivity index (χ1n) is 6.80. The van der Waals surface area contributed by atoms with E-state index >= 15 is 0 Å². The van der Waals surface area contributed by atoms with Crippen LogP contribution in [0.3, 0.4) is 0 Å². The van der Waals surface area contributed by atoms with Crippen LogP contribution in [0.25, 0.3) is 0 Å². The van der Waals surface area contributed by atoms with Gasteiger partial charge in [0.05, 0.1) is 12.0 Å². The van der Waals surface area contributed by atoms with Crippen molar-refractivity contribution in [2.24, 2.45) is 0 Å². The van der Waals surface area contributed by atoms with Crippen LogP contribution in [0, 0.1) is 0 Å². The molecule has 2 aromatic rings. The van der Waals surface area contributed by atoms with Gasteiger partial charge in [0, 0.05) is 18.6 Å². The molecule has 0 amide bonds. The third kappa shape index (κ3) is 2.58. The summed E-state index contributed by atoms with van der Waals surface area (Å²) in [5.41, 5.74) is 0.850. The van der Waals surface area contributed by atoms with Crippen molar-refractivity contribution in [1.82, 2.24) is 0 Å². The first-order chi connectivity index (χ1) is 10.5. The number of hydrogen-bond donors (Lipinski definition) is 1. The van der Waals surface area contributed by atoms with Gasteiger partial charge in [-0.15, -0.1) is 0 Å². The molecule has 0 aliphatic carbocycles. The summed E-state index contributed by atoms with van der Waals surface area (Å²) in [5.74, 6) is -1.97. The number of esters is 1. The molecule has 22 heavy (non-hydrogen) atoms. The maximum Gasteiger partial charge on any atom is 0.308 e. The second-order valence-corrected chi connectivity index (χ2v) is 5.10. The highest BCUT2D eigenvalue weighted by molar-refractivity contribution is 6.00. The summed E-state index contributed by atoms with van der Waals surface area (Å²) in [6.07, 6.45) is -0.170. The fraction of sp³-hybridized carbons (Fsp3) is 0.176. The molecule has 1 heterocycles. The van der Waals surface area contributed by atoms with E-state index in [9.17, 15) is 14.7 Å². The van der Waals surface area contributed by atoms with Gasteiger partial charge in [-0.25, -0.2) is 0 Å². The number of hydrogen-bond acceptors (Lipinski definition) is 5. The molecule has 0 bridgehead atoms. The van der Waals surface area contributed by atoms with Gasteiger partial charge in [-0.05, 0) is 12.1 Å². The van der Waals surface area contributed by atoms with Crippen molar-refractivity contribution < 1.29 is 24.2 Å². The van der Waals surface area contributed by atoms with Gasteiger partial charge in [-0.2, -0.15) is 0 Å². The summed E-state index contributed by atoms with van der Waals surface area (Å²) in [4.78, 5) is 23.3. The van der Waals surface area contributed by atoms with Crippen molar-refractivity contribution in [2.75, 3.05) is 0 Å². The summed E-state index contributed by atoms with van der Waals surface area (Å²) in [5, 5.41) is 10.7. The number of carbonyl (C=O) groups excluding carboxylic acids is 2. The van der Waals surface area contributed by atoms with E-state index in [-0.39, 0.29) is 23.7 Å². The molecule has 1 atom stereocenters. The number of fused-ring (bicyclic) bond motifs is 1. The van der Waals surface area contributed by atoms with E-state index < -0.39 is 11.8 Å². The van der Waals surface area contributed by atoms with Crippen LogP contribution in [-0.2, 0) is 10.6 Å². The highest BCUT2D eigenvalue weighted by Crippen LogP contribution is 2.39. The molecule has 1 N–H and O–H groups in total. The van der Waals surface area contributed by atoms with Gasteiger partial charge >= 0.3 is 5.97 Å². The molecule has 1 unspecified atom stereocenters. The van der Waals surface area contributed by atoms with Crippen molar-refractivity contribution in [1.29, 1.82) is 0 Å². The highest BCUT2D eigenvalue weighted by atomic mass is 16.6. The van der Waals surface area contributed by atoms with Crippen LogP contribution in [0.15, 0.2) is 48.5 Å². The fourth-order valence-corrected chi connectivity index (χ4v) is 2.44. The fourth-order valence-electron chi connectivity index (χ4n) is 2.44. The minimum atomic E-state index is -1.72. The van der Waals surface area contributed by atoms with E-state index in [1.165, 1.54) is 25.1 Å². The lowest BCUT2D eigenvalue weighted by Crippen LogP contribution is -2.39. The first kappa shape index (κ1) is 14.3. The molecular formula is C17H14O5. The van der Waals surface area contributed by atoms with Crippen LogP contribution in [0.2, 0.25) is 0 Å². The largest absolute Gasteiger partial charge is 0.457 e. The van der Waals surface area contributed by atoms with Gasteiger partial charge < -0.3 is 14.6 Å². The van der Waals surface area contributed by atoms with Gasteiger partial charge in [0.25, 0.3) is 0 Å². The Hall–Kier alpha value is -2.66. The number of ether oxygens (including phenoxy) is 2. The Bertz CT molecular complexity index is 738. The van der Waals surface area contributed by atoms with E-state index in [4.69, 9.17) is 9.47 Å². The smallest absolute Gasteiger partial charge is 0.308 e. The Morgan fingerprint density at radius 1 is 1.23 bits per heavy atom. The molecule has 0 saturated carbocycles. The van der Waals surface area contributed by atoms with Crippen LogP contribution >= 0.6 is 0 Å². The number of benzene rings is 2. The van der Waals surface area contributed by atoms with Crippen molar-refractivity contribution in [2.45, 2.75) is 19.1 Å². The maximum atomic E-state index is 12.3. The predicted molar refractivity (Wildman–Crippen MR) is 77.7 cm³/mol. The molecular weight excluding hydrogens is 284 g/mol. The third-order valence-electron chi connectivity index (χ3n) is 3.42. The first-order valence-corrected chi connectivity index (χ1v) is 6.80. The van der Waals surface area contributed by atoms with E-state index in [1.54, 1.807) is 24.3 Å². The summed E-state index contributed by atoms with van der Waals surface area (Å²) in [6.45, 7) is 1.28. The van der Waals surface area contributed by atoms with Crippen LogP contribution in [0.5, 0.6) is 11.5 Å². The van der Waals surface area contributed by atoms with Gasteiger partial charge in [0.2, 0.25) is 5.79 Å². The van der Waals surface area contributed by atoms with E-state index in [2.05, 4.69) is 0 Å². The summed E-state index contributed by atoms with van der Waals surface area (Å²) in [6, 6.07) is 13.2. The molecule has 0 aromatic heterocycles. The Morgan fingerprint density at radius 3 is 2.64 bits per heavy atom. The topological polar surface area (TPSA) is 72.8 Å². The summed E-state index contributed by atoms with van der Waals surface area (Å²) >= 11 is 0. The van der Waals surface area contributed by atoms with Crippen LogP contribution < -0.4 is 9.47 Å². The lowest BCUT2D eigenvalue weighted by Gasteiger charge is -2.33. The Morgan fingerprint density at radius 2 is 1.95 bits per heavy atom. The number of aliphatic hydroxyl groups is 1. The average molecular weight is 298 g/mol. The lowest BCUT2D eigenvalue weighted by atomic mass is 9.93. The molecule has 5 heteroatoms. The monoisotopic (exact) mass is 298 g/mol. The second kappa shape index (κ2) is 5.27. The number of carbonyl (C=O) groups is 2. The molecule has 5 nitrogen and oxygen atoms in total. The number of ketones is 1. The number of rotatable bonds is 2. The predicted octanol–water partition coefficient (Wildman–Crippen LogP) is 2.42. The maximum absolute atomic E-state index is 12.3. The van der Waals surface area contributed by atoms with E-state index in [1.807, 2.05) is 6.07 Å². The van der Waals surface area contributed by atoms with Crippen molar-refractivity contribution in [3.05, 3.63) is 59.7 Å². The highest BCUT2D eigenvalue weighted by Gasteiger charge is 2.40. The molecule has 0 saturated heterocycles. The van der Waals surface area contributed by atoms with Crippen LogP contribution in [0.1, 0.15) is 29.3 Å².